The molecule has 1 atom stereocenters. The Hall–Kier alpha value is -0.420. The Labute approximate surface area is 102 Å². The van der Waals surface area contributed by atoms with Crippen LogP contribution in [0.3, 0.4) is 0 Å². The fourth-order valence-electron chi connectivity index (χ4n) is 1.75. The van der Waals surface area contributed by atoms with Crippen molar-refractivity contribution in [2.45, 2.75) is 38.8 Å². The van der Waals surface area contributed by atoms with Crippen molar-refractivity contribution in [1.29, 1.82) is 0 Å². The minimum absolute atomic E-state index is 0.0828. The molecule has 7 heteroatoms. The van der Waals surface area contributed by atoms with Crippen LogP contribution in [0.5, 0.6) is 0 Å². The van der Waals surface area contributed by atoms with Crippen molar-refractivity contribution >= 4 is 13.5 Å². The third kappa shape index (κ3) is 3.07. The first kappa shape index (κ1) is 16.6. The molecule has 1 amide bonds. The predicted octanol–water partition coefficient (Wildman–Crippen LogP) is 1.79. The molecule has 0 saturated carbocycles. The Bertz CT molecular complexity index is 303. The zero-order chi connectivity index (χ0) is 13.7. The van der Waals surface area contributed by atoms with Gasteiger partial charge in [-0.1, -0.05) is 13.8 Å². The van der Waals surface area contributed by atoms with Crippen LogP contribution >= 0.6 is 7.60 Å². The van der Waals surface area contributed by atoms with Crippen molar-refractivity contribution in [2.75, 3.05) is 20.8 Å². The summed E-state index contributed by atoms with van der Waals surface area (Å²) in [6.45, 7) is 5.07. The standard InChI is InChI=1S/C10H22NO5P/c1-6-10(7-2,9(12)11(4)15-5)17(13,14)16-8-3/h6-8H2,1-5H3,(H,13,14). The van der Waals surface area contributed by atoms with E-state index in [9.17, 15) is 14.3 Å². The Balaban J connectivity index is 5.44. The summed E-state index contributed by atoms with van der Waals surface area (Å²) >= 11 is 0. The van der Waals surface area contributed by atoms with E-state index in [4.69, 9.17) is 9.36 Å². The van der Waals surface area contributed by atoms with Gasteiger partial charge in [0.2, 0.25) is 0 Å². The third-order valence-electron chi connectivity index (χ3n) is 2.97. The van der Waals surface area contributed by atoms with E-state index in [2.05, 4.69) is 0 Å². The number of carbonyl (C=O) groups excluding carboxylic acids is 1. The molecule has 102 valence electrons. The molecule has 0 spiro atoms. The number of hydroxylamine groups is 2. The number of carbonyl (C=O) groups is 1. The van der Waals surface area contributed by atoms with Gasteiger partial charge in [-0.05, 0) is 19.8 Å². The maximum Gasteiger partial charge on any atom is 0.343 e. The summed E-state index contributed by atoms with van der Waals surface area (Å²) in [5, 5.41) is -0.470. The van der Waals surface area contributed by atoms with Gasteiger partial charge in [0.25, 0.3) is 5.91 Å². The molecule has 0 aliphatic heterocycles. The molecule has 0 saturated heterocycles. The second-order valence-corrected chi connectivity index (χ2v) is 5.82. The number of amides is 1. The van der Waals surface area contributed by atoms with Gasteiger partial charge >= 0.3 is 7.60 Å². The molecular formula is C10H22NO5P. The van der Waals surface area contributed by atoms with Gasteiger partial charge in [-0.3, -0.25) is 14.2 Å². The quantitative estimate of drug-likeness (QED) is 0.562. The highest BCUT2D eigenvalue weighted by Crippen LogP contribution is 2.59. The van der Waals surface area contributed by atoms with Crippen LogP contribution in [0, 0.1) is 0 Å². The van der Waals surface area contributed by atoms with Crippen LogP contribution in [0.1, 0.15) is 33.6 Å². The van der Waals surface area contributed by atoms with Crippen LogP contribution in [0.25, 0.3) is 0 Å². The van der Waals surface area contributed by atoms with E-state index in [0.717, 1.165) is 5.06 Å². The number of hydrogen-bond acceptors (Lipinski definition) is 4. The van der Waals surface area contributed by atoms with Crippen molar-refractivity contribution in [3.05, 3.63) is 0 Å². The molecular weight excluding hydrogens is 245 g/mol. The van der Waals surface area contributed by atoms with E-state index in [0.29, 0.717) is 0 Å². The lowest BCUT2D eigenvalue weighted by Crippen LogP contribution is -2.46. The van der Waals surface area contributed by atoms with E-state index < -0.39 is 18.7 Å². The van der Waals surface area contributed by atoms with E-state index in [1.807, 2.05) is 0 Å². The van der Waals surface area contributed by atoms with Crippen LogP contribution in [0.2, 0.25) is 0 Å². The van der Waals surface area contributed by atoms with Crippen molar-refractivity contribution in [1.82, 2.24) is 5.06 Å². The van der Waals surface area contributed by atoms with Gasteiger partial charge in [-0.15, -0.1) is 0 Å². The number of hydrogen-bond donors (Lipinski definition) is 1. The van der Waals surface area contributed by atoms with E-state index >= 15 is 0 Å². The fourth-order valence-corrected chi connectivity index (χ4v) is 3.53. The SMILES string of the molecule is CCOP(=O)(O)C(CC)(CC)C(=O)N(C)OC. The molecule has 0 aromatic rings. The largest absolute Gasteiger partial charge is 0.343 e. The summed E-state index contributed by atoms with van der Waals surface area (Å²) in [7, 11) is -1.29. The highest BCUT2D eigenvalue weighted by Gasteiger charge is 2.53. The second-order valence-electron chi connectivity index (χ2n) is 3.66. The molecule has 1 unspecified atom stereocenters. The molecule has 0 aromatic carbocycles. The number of nitrogens with zero attached hydrogens (tertiary/aromatic N) is 1. The van der Waals surface area contributed by atoms with Crippen molar-refractivity contribution in [2.24, 2.45) is 0 Å². The summed E-state index contributed by atoms with van der Waals surface area (Å²) in [5.74, 6) is -0.538. The topological polar surface area (TPSA) is 76.1 Å². The first-order valence-corrected chi connectivity index (χ1v) is 7.20. The lowest BCUT2D eigenvalue weighted by Gasteiger charge is -2.35. The van der Waals surface area contributed by atoms with E-state index in [1.165, 1.54) is 14.2 Å². The molecule has 0 aliphatic carbocycles. The first-order valence-electron chi connectivity index (χ1n) is 5.62. The molecule has 17 heavy (non-hydrogen) atoms. The minimum Gasteiger partial charge on any atom is -0.324 e. The van der Waals surface area contributed by atoms with Crippen LogP contribution in [0.15, 0.2) is 0 Å². The van der Waals surface area contributed by atoms with Crippen LogP contribution in [0.4, 0.5) is 0 Å². The Morgan fingerprint density at radius 1 is 1.35 bits per heavy atom. The average Bonchev–Trinajstić information content (AvgIpc) is 2.29. The molecule has 0 heterocycles. The summed E-state index contributed by atoms with van der Waals surface area (Å²) in [6.07, 6.45) is 0.424. The van der Waals surface area contributed by atoms with Crippen LogP contribution < -0.4 is 0 Å². The predicted molar refractivity (Wildman–Crippen MR) is 64.5 cm³/mol. The zero-order valence-electron chi connectivity index (χ0n) is 11.1. The monoisotopic (exact) mass is 267 g/mol. The molecule has 0 bridgehead atoms. The molecule has 0 rings (SSSR count). The van der Waals surface area contributed by atoms with Gasteiger partial charge < -0.3 is 9.42 Å². The summed E-state index contributed by atoms with van der Waals surface area (Å²) in [6, 6.07) is 0. The van der Waals surface area contributed by atoms with Gasteiger partial charge in [0.15, 0.2) is 5.16 Å². The first-order chi connectivity index (χ1) is 7.82. The molecule has 6 nitrogen and oxygen atoms in total. The van der Waals surface area contributed by atoms with Crippen molar-refractivity contribution < 1.29 is 23.6 Å². The van der Waals surface area contributed by atoms with Gasteiger partial charge in [0.1, 0.15) is 0 Å². The smallest absolute Gasteiger partial charge is 0.324 e. The Kier molecular flexibility index (Phi) is 6.34. The number of rotatable bonds is 7. The summed E-state index contributed by atoms with van der Waals surface area (Å²) in [4.78, 5) is 26.9. The third-order valence-corrected chi connectivity index (χ3v) is 5.49. The highest BCUT2D eigenvalue weighted by atomic mass is 31.2. The summed E-state index contributed by atoms with van der Waals surface area (Å²) < 4.78 is 17.1. The van der Waals surface area contributed by atoms with Gasteiger partial charge in [0.05, 0.1) is 13.7 Å². The molecule has 0 aliphatic rings. The van der Waals surface area contributed by atoms with Gasteiger partial charge in [-0.2, -0.15) is 0 Å². The van der Waals surface area contributed by atoms with Crippen molar-refractivity contribution in [3.8, 4) is 0 Å². The van der Waals surface area contributed by atoms with Crippen molar-refractivity contribution in [3.63, 3.8) is 0 Å². The van der Waals surface area contributed by atoms with Crippen LogP contribution in [-0.2, 0) is 18.7 Å². The average molecular weight is 267 g/mol. The second kappa shape index (κ2) is 6.50. The lowest BCUT2D eigenvalue weighted by molar-refractivity contribution is -0.172. The maximum atomic E-state index is 12.2. The summed E-state index contributed by atoms with van der Waals surface area (Å²) in [5.41, 5.74) is 0. The van der Waals surface area contributed by atoms with Gasteiger partial charge in [0, 0.05) is 7.05 Å². The molecule has 0 aromatic heterocycles. The van der Waals surface area contributed by atoms with E-state index in [1.54, 1.807) is 20.8 Å². The normalized spacial score (nSPS) is 15.4. The van der Waals surface area contributed by atoms with E-state index in [-0.39, 0.29) is 19.4 Å². The Morgan fingerprint density at radius 2 is 1.82 bits per heavy atom. The van der Waals surface area contributed by atoms with Crippen LogP contribution in [-0.4, -0.2) is 41.8 Å². The van der Waals surface area contributed by atoms with Gasteiger partial charge in [-0.25, -0.2) is 5.06 Å². The molecule has 0 fully saturated rings. The lowest BCUT2D eigenvalue weighted by atomic mass is 10.0. The zero-order valence-corrected chi connectivity index (χ0v) is 12.0. The molecule has 1 N–H and O–H groups in total. The highest BCUT2D eigenvalue weighted by molar-refractivity contribution is 7.55. The maximum absolute atomic E-state index is 12.2. The Morgan fingerprint density at radius 3 is 2.12 bits per heavy atom. The molecule has 0 radical (unpaired) electrons. The minimum atomic E-state index is -4.03. The fraction of sp³-hybridized carbons (Fsp3) is 0.900.